The van der Waals surface area contributed by atoms with Gasteiger partial charge in [0.15, 0.2) is 0 Å². The number of allylic oxidation sites excluding steroid dienone is 5. The highest BCUT2D eigenvalue weighted by atomic mass is 19.1. The van der Waals surface area contributed by atoms with Gasteiger partial charge < -0.3 is 5.11 Å². The Labute approximate surface area is 154 Å². The van der Waals surface area contributed by atoms with Crippen LogP contribution in [0.2, 0.25) is 0 Å². The highest BCUT2D eigenvalue weighted by Crippen LogP contribution is 2.41. The molecule has 3 atom stereocenters. The second kappa shape index (κ2) is 7.45. The van der Waals surface area contributed by atoms with Crippen LogP contribution in [0.3, 0.4) is 0 Å². The predicted molar refractivity (Wildman–Crippen MR) is 103 cm³/mol. The molecule has 0 spiro atoms. The van der Waals surface area contributed by atoms with E-state index in [-0.39, 0.29) is 17.7 Å². The molecule has 2 aliphatic rings. The van der Waals surface area contributed by atoms with E-state index in [4.69, 9.17) is 5.11 Å². The van der Waals surface area contributed by atoms with Crippen molar-refractivity contribution in [2.75, 3.05) is 0 Å². The fourth-order valence-corrected chi connectivity index (χ4v) is 4.12. The number of carboxylic acid groups (broad SMARTS) is 1. The molecule has 3 unspecified atom stereocenters. The molecule has 0 aromatic heterocycles. The van der Waals surface area contributed by atoms with E-state index in [0.29, 0.717) is 6.42 Å². The van der Waals surface area contributed by atoms with Crippen LogP contribution in [0.5, 0.6) is 0 Å². The molecule has 0 aliphatic heterocycles. The summed E-state index contributed by atoms with van der Waals surface area (Å²) in [4.78, 5) is 11.1. The van der Waals surface area contributed by atoms with Crippen LogP contribution in [0.25, 0.3) is 6.08 Å². The van der Waals surface area contributed by atoms with Crippen molar-refractivity contribution in [2.24, 2.45) is 11.8 Å². The van der Waals surface area contributed by atoms with Crippen molar-refractivity contribution in [2.45, 2.75) is 39.0 Å². The summed E-state index contributed by atoms with van der Waals surface area (Å²) in [7, 11) is 0. The van der Waals surface area contributed by atoms with E-state index in [1.807, 2.05) is 31.2 Å². The van der Waals surface area contributed by atoms with Gasteiger partial charge in [0.05, 0.1) is 5.92 Å². The summed E-state index contributed by atoms with van der Waals surface area (Å²) in [5.74, 6) is -1.18. The number of hydrogen-bond donors (Lipinski definition) is 1. The molecule has 0 saturated heterocycles. The lowest BCUT2D eigenvalue weighted by Crippen LogP contribution is -2.18. The molecule has 1 aromatic carbocycles. The first-order chi connectivity index (χ1) is 12.4. The Morgan fingerprint density at radius 2 is 2.12 bits per heavy atom. The molecular formula is C23H25FO2. The predicted octanol–water partition coefficient (Wildman–Crippen LogP) is 5.67. The van der Waals surface area contributed by atoms with Gasteiger partial charge >= 0.3 is 5.97 Å². The Balaban J connectivity index is 1.97. The zero-order valence-electron chi connectivity index (χ0n) is 15.3. The van der Waals surface area contributed by atoms with Crippen LogP contribution in [0.4, 0.5) is 4.39 Å². The molecule has 0 saturated carbocycles. The molecule has 3 rings (SSSR count). The highest BCUT2D eigenvalue weighted by molar-refractivity contribution is 5.73. The molecule has 2 nitrogen and oxygen atoms in total. The Kier molecular flexibility index (Phi) is 5.26. The Bertz CT molecular complexity index is 829. The Morgan fingerprint density at radius 3 is 2.73 bits per heavy atom. The van der Waals surface area contributed by atoms with E-state index in [9.17, 15) is 9.18 Å². The third-order valence-electron chi connectivity index (χ3n) is 5.52. The molecule has 2 aliphatic carbocycles. The lowest BCUT2D eigenvalue weighted by Gasteiger charge is -2.30. The number of aliphatic carboxylic acids is 1. The number of carboxylic acids is 1. The molecule has 26 heavy (non-hydrogen) atoms. The van der Waals surface area contributed by atoms with Gasteiger partial charge in [-0.3, -0.25) is 4.79 Å². The molecular weight excluding hydrogens is 327 g/mol. The van der Waals surface area contributed by atoms with E-state index in [1.165, 1.54) is 0 Å². The Morgan fingerprint density at radius 1 is 1.35 bits per heavy atom. The summed E-state index contributed by atoms with van der Waals surface area (Å²) < 4.78 is 14.3. The summed E-state index contributed by atoms with van der Waals surface area (Å²) >= 11 is 0. The minimum absolute atomic E-state index is 0.0596. The van der Waals surface area contributed by atoms with E-state index in [0.717, 1.165) is 40.7 Å². The third kappa shape index (κ3) is 3.44. The maximum Gasteiger partial charge on any atom is 0.310 e. The topological polar surface area (TPSA) is 37.3 Å². The van der Waals surface area contributed by atoms with E-state index < -0.39 is 11.9 Å². The SMILES string of the molecule is C=C(C)C(c1ccc(F)c2c1C=CCC2)C(C)C1=CCC(C(=O)O)C=C1. The summed E-state index contributed by atoms with van der Waals surface area (Å²) in [6.07, 6.45) is 11.9. The van der Waals surface area contributed by atoms with Gasteiger partial charge in [-0.15, -0.1) is 0 Å². The molecule has 136 valence electrons. The van der Waals surface area contributed by atoms with Gasteiger partial charge in [-0.25, -0.2) is 4.39 Å². The van der Waals surface area contributed by atoms with E-state index >= 15 is 0 Å². The van der Waals surface area contributed by atoms with Crippen molar-refractivity contribution in [1.82, 2.24) is 0 Å². The van der Waals surface area contributed by atoms with Crippen molar-refractivity contribution < 1.29 is 14.3 Å². The number of carbonyl (C=O) groups is 1. The number of rotatable bonds is 5. The fourth-order valence-electron chi connectivity index (χ4n) is 4.12. The number of hydrogen-bond acceptors (Lipinski definition) is 1. The minimum atomic E-state index is -0.793. The smallest absolute Gasteiger partial charge is 0.310 e. The largest absolute Gasteiger partial charge is 0.481 e. The molecule has 1 aromatic rings. The van der Waals surface area contributed by atoms with Gasteiger partial charge in [0.25, 0.3) is 0 Å². The summed E-state index contributed by atoms with van der Waals surface area (Å²) in [6, 6.07) is 3.45. The summed E-state index contributed by atoms with van der Waals surface area (Å²) in [6.45, 7) is 8.35. The fraction of sp³-hybridized carbons (Fsp3) is 0.348. The van der Waals surface area contributed by atoms with E-state index in [1.54, 1.807) is 12.1 Å². The standard InChI is InChI=1S/C23H25FO2/c1-14(2)22(15(3)16-8-10-17(11-9-16)23(25)26)20-12-13-21(24)19-7-5-4-6-18(19)20/h4,6,8-10,12-13,15,17,22H,1,5,7,11H2,2-3H3,(H,25,26). The maximum atomic E-state index is 14.3. The molecule has 1 N–H and O–H groups in total. The van der Waals surface area contributed by atoms with Crippen molar-refractivity contribution in [3.8, 4) is 0 Å². The van der Waals surface area contributed by atoms with Crippen LogP contribution in [0.15, 0.2) is 54.2 Å². The van der Waals surface area contributed by atoms with Crippen LogP contribution < -0.4 is 0 Å². The minimum Gasteiger partial charge on any atom is -0.481 e. The third-order valence-corrected chi connectivity index (χ3v) is 5.52. The summed E-state index contributed by atoms with van der Waals surface area (Å²) in [5.41, 5.74) is 5.03. The number of benzene rings is 1. The average molecular weight is 352 g/mol. The molecule has 0 heterocycles. The maximum absolute atomic E-state index is 14.3. The lowest BCUT2D eigenvalue weighted by molar-refractivity contribution is -0.139. The van der Waals surface area contributed by atoms with Crippen molar-refractivity contribution in [1.29, 1.82) is 0 Å². The van der Waals surface area contributed by atoms with Crippen molar-refractivity contribution in [3.05, 3.63) is 76.7 Å². The molecule has 3 heteroatoms. The monoisotopic (exact) mass is 352 g/mol. The average Bonchev–Trinajstić information content (AvgIpc) is 2.63. The quantitative estimate of drug-likeness (QED) is 0.694. The van der Waals surface area contributed by atoms with Gasteiger partial charge in [-0.1, -0.05) is 55.5 Å². The molecule has 0 amide bonds. The van der Waals surface area contributed by atoms with Gasteiger partial charge in [-0.05, 0) is 60.4 Å². The zero-order valence-corrected chi connectivity index (χ0v) is 15.3. The first-order valence-electron chi connectivity index (χ1n) is 9.14. The van der Waals surface area contributed by atoms with Gasteiger partial charge in [0.1, 0.15) is 5.82 Å². The van der Waals surface area contributed by atoms with Crippen LogP contribution in [0.1, 0.15) is 49.3 Å². The van der Waals surface area contributed by atoms with Gasteiger partial charge in [0.2, 0.25) is 0 Å². The second-order valence-corrected chi connectivity index (χ2v) is 7.33. The highest BCUT2D eigenvalue weighted by Gasteiger charge is 2.28. The first kappa shape index (κ1) is 18.4. The van der Waals surface area contributed by atoms with Crippen LogP contribution in [-0.2, 0) is 11.2 Å². The van der Waals surface area contributed by atoms with Crippen LogP contribution in [0, 0.1) is 17.7 Å². The van der Waals surface area contributed by atoms with Crippen LogP contribution >= 0.6 is 0 Å². The molecule has 0 bridgehead atoms. The van der Waals surface area contributed by atoms with Crippen molar-refractivity contribution >= 4 is 12.0 Å². The lowest BCUT2D eigenvalue weighted by atomic mass is 9.74. The first-order valence-corrected chi connectivity index (χ1v) is 9.14. The van der Waals surface area contributed by atoms with E-state index in [2.05, 4.69) is 19.6 Å². The normalized spacial score (nSPS) is 20.9. The van der Waals surface area contributed by atoms with Crippen LogP contribution in [-0.4, -0.2) is 11.1 Å². The zero-order chi connectivity index (χ0) is 18.8. The number of halogens is 1. The van der Waals surface area contributed by atoms with Crippen molar-refractivity contribution in [3.63, 3.8) is 0 Å². The number of fused-ring (bicyclic) bond motifs is 1. The van der Waals surface area contributed by atoms with Gasteiger partial charge in [0, 0.05) is 5.92 Å². The second-order valence-electron chi connectivity index (χ2n) is 7.33. The summed E-state index contributed by atoms with van der Waals surface area (Å²) in [5, 5.41) is 9.16. The van der Waals surface area contributed by atoms with Gasteiger partial charge in [-0.2, -0.15) is 0 Å². The Hall–Kier alpha value is -2.42. The molecule has 0 fully saturated rings. The molecule has 0 radical (unpaired) electrons.